The number of hydrogen-bond acceptors (Lipinski definition) is 1. The van der Waals surface area contributed by atoms with Gasteiger partial charge in [-0.15, -0.1) is 0 Å². The molecule has 3 heteroatoms. The van der Waals surface area contributed by atoms with Crippen LogP contribution >= 0.6 is 11.6 Å². The molecule has 0 amide bonds. The van der Waals surface area contributed by atoms with Crippen molar-refractivity contribution in [3.63, 3.8) is 0 Å². The first-order valence-electron chi connectivity index (χ1n) is 7.35. The molecule has 3 rings (SSSR count). The van der Waals surface area contributed by atoms with Crippen LogP contribution in [-0.2, 0) is 6.42 Å². The van der Waals surface area contributed by atoms with Gasteiger partial charge in [0.1, 0.15) is 6.61 Å². The van der Waals surface area contributed by atoms with Gasteiger partial charge in [0.15, 0.2) is 0 Å². The lowest BCUT2D eigenvalue weighted by Crippen LogP contribution is -2.13. The minimum Gasteiger partial charge on any atom is -0.414 e. The summed E-state index contributed by atoms with van der Waals surface area (Å²) in [7, 11) is 0. The zero-order valence-corrected chi connectivity index (χ0v) is 13.2. The van der Waals surface area contributed by atoms with E-state index in [-0.39, 0.29) is 5.41 Å². The summed E-state index contributed by atoms with van der Waals surface area (Å²) in [5.74, 6) is 0.755. The summed E-state index contributed by atoms with van der Waals surface area (Å²) in [4.78, 5) is 5.95. The average molecular weight is 292 g/mol. The van der Waals surface area contributed by atoms with Crippen molar-refractivity contribution in [3.05, 3.63) is 35.0 Å². The molecule has 2 nitrogen and oxygen atoms in total. The Morgan fingerprint density at radius 2 is 2.05 bits per heavy atom. The minimum atomic E-state index is 0.248. The highest BCUT2D eigenvalue weighted by Gasteiger charge is 2.23. The van der Waals surface area contributed by atoms with Gasteiger partial charge < -0.3 is 4.84 Å². The molecular formula is C17H22ClNO. The summed E-state index contributed by atoms with van der Waals surface area (Å²) in [5.41, 5.74) is 2.68. The standard InChI is InChI=1S/C17H22ClNO/c1-17(2,3)9-13-10-19(20-11-12-4-5-12)16-7-6-14(18)8-15(13)16/h6-8,10,12H,4-5,9,11H2,1-3H3. The molecule has 1 aromatic heterocycles. The molecule has 20 heavy (non-hydrogen) atoms. The molecule has 0 bridgehead atoms. The SMILES string of the molecule is CC(C)(C)Cc1cn(OCC2CC2)c2ccc(Cl)cc12. The predicted octanol–water partition coefficient (Wildman–Crippen LogP) is 4.72. The van der Waals surface area contributed by atoms with Gasteiger partial charge in [-0.3, -0.25) is 0 Å². The van der Waals surface area contributed by atoms with E-state index < -0.39 is 0 Å². The second-order valence-corrected chi connectivity index (χ2v) is 7.55. The second kappa shape index (κ2) is 5.00. The van der Waals surface area contributed by atoms with Crippen molar-refractivity contribution < 1.29 is 4.84 Å². The number of halogens is 1. The van der Waals surface area contributed by atoms with Crippen LogP contribution in [0.15, 0.2) is 24.4 Å². The van der Waals surface area contributed by atoms with Gasteiger partial charge in [0, 0.05) is 16.6 Å². The highest BCUT2D eigenvalue weighted by molar-refractivity contribution is 6.31. The van der Waals surface area contributed by atoms with Crippen LogP contribution in [0.1, 0.15) is 39.2 Å². The lowest BCUT2D eigenvalue weighted by molar-refractivity contribution is 0.111. The number of hydrogen-bond donors (Lipinski definition) is 0. The number of nitrogens with zero attached hydrogens (tertiary/aromatic N) is 1. The lowest BCUT2D eigenvalue weighted by atomic mass is 9.88. The maximum Gasteiger partial charge on any atom is 0.117 e. The molecule has 0 radical (unpaired) electrons. The van der Waals surface area contributed by atoms with Crippen molar-refractivity contribution in [2.75, 3.05) is 6.61 Å². The van der Waals surface area contributed by atoms with Crippen LogP contribution in [0.2, 0.25) is 5.02 Å². The number of benzene rings is 1. The topological polar surface area (TPSA) is 14.2 Å². The summed E-state index contributed by atoms with van der Waals surface area (Å²) in [6.45, 7) is 7.59. The van der Waals surface area contributed by atoms with E-state index in [0.717, 1.165) is 29.5 Å². The maximum atomic E-state index is 6.16. The van der Waals surface area contributed by atoms with Crippen LogP contribution in [0.3, 0.4) is 0 Å². The van der Waals surface area contributed by atoms with Crippen LogP contribution in [0.25, 0.3) is 10.9 Å². The molecule has 1 fully saturated rings. The van der Waals surface area contributed by atoms with E-state index in [1.165, 1.54) is 23.8 Å². The van der Waals surface area contributed by atoms with Gasteiger partial charge in [0.05, 0.1) is 5.52 Å². The van der Waals surface area contributed by atoms with Crippen molar-refractivity contribution in [2.45, 2.75) is 40.0 Å². The number of rotatable bonds is 4. The van der Waals surface area contributed by atoms with Gasteiger partial charge >= 0.3 is 0 Å². The van der Waals surface area contributed by atoms with Gasteiger partial charge in [-0.25, -0.2) is 0 Å². The summed E-state index contributed by atoms with van der Waals surface area (Å²) in [6.07, 6.45) is 5.76. The van der Waals surface area contributed by atoms with E-state index in [1.807, 2.05) is 10.8 Å². The van der Waals surface area contributed by atoms with E-state index in [0.29, 0.717) is 0 Å². The third-order valence-electron chi connectivity index (χ3n) is 3.68. The van der Waals surface area contributed by atoms with Crippen molar-refractivity contribution >= 4 is 22.5 Å². The third kappa shape index (κ3) is 3.12. The van der Waals surface area contributed by atoms with Gasteiger partial charge in [-0.1, -0.05) is 32.4 Å². The molecule has 0 saturated heterocycles. The normalized spacial score (nSPS) is 15.8. The highest BCUT2D eigenvalue weighted by Crippen LogP contribution is 2.31. The van der Waals surface area contributed by atoms with Gasteiger partial charge in [0.25, 0.3) is 0 Å². The first-order valence-corrected chi connectivity index (χ1v) is 7.73. The molecular weight excluding hydrogens is 270 g/mol. The molecule has 1 saturated carbocycles. The molecule has 108 valence electrons. The first kappa shape index (κ1) is 13.8. The predicted molar refractivity (Wildman–Crippen MR) is 84.3 cm³/mol. The maximum absolute atomic E-state index is 6.16. The highest BCUT2D eigenvalue weighted by atomic mass is 35.5. The van der Waals surface area contributed by atoms with Crippen molar-refractivity contribution in [2.24, 2.45) is 11.3 Å². The van der Waals surface area contributed by atoms with E-state index in [1.54, 1.807) is 0 Å². The summed E-state index contributed by atoms with van der Waals surface area (Å²) in [5, 5.41) is 2.00. The van der Waals surface area contributed by atoms with Crippen molar-refractivity contribution in [3.8, 4) is 0 Å². The number of aromatic nitrogens is 1. The Labute approximate surface area is 125 Å². The molecule has 0 atom stereocenters. The van der Waals surface area contributed by atoms with Crippen molar-refractivity contribution in [1.82, 2.24) is 4.73 Å². The average Bonchev–Trinajstić information content (AvgIpc) is 3.11. The summed E-state index contributed by atoms with van der Waals surface area (Å²) in [6, 6.07) is 6.04. The first-order chi connectivity index (χ1) is 9.42. The minimum absolute atomic E-state index is 0.248. The third-order valence-corrected chi connectivity index (χ3v) is 3.92. The summed E-state index contributed by atoms with van der Waals surface area (Å²) >= 11 is 6.16. The Morgan fingerprint density at radius 1 is 1.30 bits per heavy atom. The number of fused-ring (bicyclic) bond motifs is 1. The quantitative estimate of drug-likeness (QED) is 0.795. The Bertz CT molecular complexity index is 620. The Balaban J connectivity index is 1.96. The van der Waals surface area contributed by atoms with Crippen LogP contribution in [0, 0.1) is 11.3 Å². The Kier molecular flexibility index (Phi) is 3.45. The zero-order valence-electron chi connectivity index (χ0n) is 12.4. The zero-order chi connectivity index (χ0) is 14.3. The van der Waals surface area contributed by atoms with E-state index in [9.17, 15) is 0 Å². The molecule has 1 aliphatic rings. The van der Waals surface area contributed by atoms with Crippen molar-refractivity contribution in [1.29, 1.82) is 0 Å². The molecule has 1 aromatic carbocycles. The monoisotopic (exact) mass is 291 g/mol. The van der Waals surface area contributed by atoms with Crippen LogP contribution in [0.5, 0.6) is 0 Å². The lowest BCUT2D eigenvalue weighted by Gasteiger charge is -2.17. The van der Waals surface area contributed by atoms with Gasteiger partial charge in [0.2, 0.25) is 0 Å². The molecule has 0 spiro atoms. The van der Waals surface area contributed by atoms with E-state index in [4.69, 9.17) is 16.4 Å². The largest absolute Gasteiger partial charge is 0.414 e. The molecule has 0 unspecified atom stereocenters. The van der Waals surface area contributed by atoms with E-state index >= 15 is 0 Å². The van der Waals surface area contributed by atoms with Gasteiger partial charge in [-0.05, 0) is 54.4 Å². The molecule has 1 heterocycles. The van der Waals surface area contributed by atoms with Crippen LogP contribution in [0.4, 0.5) is 0 Å². The second-order valence-electron chi connectivity index (χ2n) is 7.12. The molecule has 0 N–H and O–H groups in total. The Hall–Kier alpha value is -1.15. The fourth-order valence-corrected chi connectivity index (χ4v) is 2.70. The van der Waals surface area contributed by atoms with E-state index in [2.05, 4.69) is 39.1 Å². The fourth-order valence-electron chi connectivity index (χ4n) is 2.53. The molecule has 2 aromatic rings. The van der Waals surface area contributed by atoms with Gasteiger partial charge in [-0.2, -0.15) is 4.73 Å². The van der Waals surface area contributed by atoms with Crippen LogP contribution in [-0.4, -0.2) is 11.3 Å². The smallest absolute Gasteiger partial charge is 0.117 e. The fraction of sp³-hybridized carbons (Fsp3) is 0.529. The molecule has 1 aliphatic carbocycles. The Morgan fingerprint density at radius 3 is 2.70 bits per heavy atom. The molecule has 0 aliphatic heterocycles. The van der Waals surface area contributed by atoms with Crippen LogP contribution < -0.4 is 4.84 Å². The summed E-state index contributed by atoms with van der Waals surface area (Å²) < 4.78 is 1.94.